The molecule has 0 heterocycles. The highest BCUT2D eigenvalue weighted by atomic mass is 16.3. The first kappa shape index (κ1) is 17.2. The van der Waals surface area contributed by atoms with Gasteiger partial charge in [-0.05, 0) is 43.9 Å². The van der Waals surface area contributed by atoms with Crippen molar-refractivity contribution < 1.29 is 15.0 Å². The molecule has 0 aromatic heterocycles. The van der Waals surface area contributed by atoms with Gasteiger partial charge in [0.2, 0.25) is 0 Å². The number of amides is 1. The summed E-state index contributed by atoms with van der Waals surface area (Å²) in [6, 6.07) is 5.45. The summed E-state index contributed by atoms with van der Waals surface area (Å²) < 4.78 is 0. The second kappa shape index (κ2) is 9.17. The third-order valence-corrected chi connectivity index (χ3v) is 3.36. The van der Waals surface area contributed by atoms with Gasteiger partial charge in [-0.3, -0.25) is 4.79 Å². The van der Waals surface area contributed by atoms with E-state index in [4.69, 9.17) is 10.2 Å². The van der Waals surface area contributed by atoms with Crippen LogP contribution < -0.4 is 0 Å². The molecule has 0 atom stereocenters. The summed E-state index contributed by atoms with van der Waals surface area (Å²) >= 11 is 0. The first-order valence-corrected chi connectivity index (χ1v) is 7.17. The zero-order valence-corrected chi connectivity index (χ0v) is 12.7. The lowest BCUT2D eigenvalue weighted by Gasteiger charge is -2.18. The van der Waals surface area contributed by atoms with Gasteiger partial charge in [0.25, 0.3) is 5.91 Å². The Balaban J connectivity index is 2.77. The molecule has 0 fully saturated rings. The molecule has 114 valence electrons. The monoisotopic (exact) mass is 289 g/mol. The largest absolute Gasteiger partial charge is 0.396 e. The second-order valence-corrected chi connectivity index (χ2v) is 4.95. The summed E-state index contributed by atoms with van der Waals surface area (Å²) in [4.78, 5) is 14.1. The maximum absolute atomic E-state index is 12.4. The average Bonchev–Trinajstić information content (AvgIpc) is 2.49. The molecular weight excluding hydrogens is 266 g/mol. The molecule has 0 bridgehead atoms. The maximum atomic E-state index is 12.4. The number of hydrogen-bond donors (Lipinski definition) is 2. The van der Waals surface area contributed by atoms with Gasteiger partial charge < -0.3 is 15.1 Å². The molecule has 4 nitrogen and oxygen atoms in total. The van der Waals surface area contributed by atoms with E-state index in [-0.39, 0.29) is 19.1 Å². The van der Waals surface area contributed by atoms with Gasteiger partial charge in [0, 0.05) is 31.3 Å². The molecule has 0 spiro atoms. The van der Waals surface area contributed by atoms with Crippen molar-refractivity contribution in [2.75, 3.05) is 26.8 Å². The van der Waals surface area contributed by atoms with Crippen LogP contribution in [0.4, 0.5) is 0 Å². The minimum atomic E-state index is -0.192. The van der Waals surface area contributed by atoms with Crippen LogP contribution in [0, 0.1) is 18.8 Å². The molecule has 0 saturated heterocycles. The van der Waals surface area contributed by atoms with E-state index in [2.05, 4.69) is 11.8 Å². The normalized spacial score (nSPS) is 9.90. The topological polar surface area (TPSA) is 60.8 Å². The fourth-order valence-electron chi connectivity index (χ4n) is 2.08. The Labute approximate surface area is 126 Å². The predicted molar refractivity (Wildman–Crippen MR) is 83.0 cm³/mol. The summed E-state index contributed by atoms with van der Waals surface area (Å²) in [5, 5.41) is 17.5. The summed E-state index contributed by atoms with van der Waals surface area (Å²) in [6.07, 6.45) is 2.56. The number of rotatable bonds is 6. The van der Waals surface area contributed by atoms with Gasteiger partial charge in [-0.25, -0.2) is 0 Å². The molecule has 0 unspecified atom stereocenters. The molecule has 21 heavy (non-hydrogen) atoms. The lowest BCUT2D eigenvalue weighted by molar-refractivity contribution is 0.0791. The Morgan fingerprint density at radius 1 is 1.24 bits per heavy atom. The van der Waals surface area contributed by atoms with Crippen LogP contribution in [0.5, 0.6) is 0 Å². The van der Waals surface area contributed by atoms with Gasteiger partial charge >= 0.3 is 0 Å². The zero-order chi connectivity index (χ0) is 15.7. The first-order valence-electron chi connectivity index (χ1n) is 7.17. The second-order valence-electron chi connectivity index (χ2n) is 4.95. The highest BCUT2D eigenvalue weighted by Gasteiger charge is 2.14. The lowest BCUT2D eigenvalue weighted by Crippen LogP contribution is -2.28. The number of aliphatic hydroxyl groups is 2. The smallest absolute Gasteiger partial charge is 0.253 e. The molecule has 1 amide bonds. The fourth-order valence-corrected chi connectivity index (χ4v) is 2.08. The van der Waals surface area contributed by atoms with E-state index in [9.17, 15) is 4.79 Å². The van der Waals surface area contributed by atoms with E-state index < -0.39 is 0 Å². The van der Waals surface area contributed by atoms with Gasteiger partial charge in [0.15, 0.2) is 0 Å². The standard InChI is InChI=1S/C17H23NO3/c1-14-15(9-7-13-20)8-6-10-16(14)17(21)18(2)11-4-3-5-12-19/h6,8,10,19-20H,3-5,11-13H2,1-2H3. The van der Waals surface area contributed by atoms with Crippen LogP contribution in [-0.2, 0) is 0 Å². The molecule has 0 aliphatic heterocycles. The number of carbonyl (C=O) groups excluding carboxylic acids is 1. The van der Waals surface area contributed by atoms with Gasteiger partial charge in [-0.2, -0.15) is 0 Å². The fraction of sp³-hybridized carbons (Fsp3) is 0.471. The highest BCUT2D eigenvalue weighted by molar-refractivity contribution is 5.96. The van der Waals surface area contributed by atoms with Crippen LogP contribution in [0.2, 0.25) is 0 Å². The van der Waals surface area contributed by atoms with E-state index >= 15 is 0 Å². The van der Waals surface area contributed by atoms with Crippen LogP contribution in [-0.4, -0.2) is 47.8 Å². The van der Waals surface area contributed by atoms with Gasteiger partial charge in [0.05, 0.1) is 0 Å². The summed E-state index contributed by atoms with van der Waals surface area (Å²) in [6.45, 7) is 2.55. The minimum absolute atomic E-state index is 0.0239. The number of unbranched alkanes of at least 4 members (excludes halogenated alkanes) is 2. The number of carbonyl (C=O) groups is 1. The Bertz CT molecular complexity index is 529. The summed E-state index contributed by atoms with van der Waals surface area (Å²) in [5.74, 6) is 5.44. The van der Waals surface area contributed by atoms with E-state index in [0.29, 0.717) is 12.1 Å². The zero-order valence-electron chi connectivity index (χ0n) is 12.7. The third-order valence-electron chi connectivity index (χ3n) is 3.36. The van der Waals surface area contributed by atoms with Gasteiger partial charge in [-0.15, -0.1) is 0 Å². The van der Waals surface area contributed by atoms with Crippen molar-refractivity contribution in [2.45, 2.75) is 26.2 Å². The summed E-state index contributed by atoms with van der Waals surface area (Å²) in [5.41, 5.74) is 2.25. The van der Waals surface area contributed by atoms with E-state index in [1.807, 2.05) is 13.0 Å². The Morgan fingerprint density at radius 3 is 2.67 bits per heavy atom. The van der Waals surface area contributed by atoms with Crippen molar-refractivity contribution >= 4 is 5.91 Å². The van der Waals surface area contributed by atoms with Crippen LogP contribution in [0.1, 0.15) is 40.7 Å². The van der Waals surface area contributed by atoms with E-state index in [0.717, 1.165) is 30.4 Å². The Kier molecular flexibility index (Phi) is 7.52. The Morgan fingerprint density at radius 2 is 2.00 bits per heavy atom. The van der Waals surface area contributed by atoms with Crippen molar-refractivity contribution in [2.24, 2.45) is 0 Å². The SMILES string of the molecule is Cc1c(C#CCO)cccc1C(=O)N(C)CCCCCO. The quantitative estimate of drug-likeness (QED) is 0.617. The number of aliphatic hydroxyl groups excluding tert-OH is 2. The molecule has 1 aromatic carbocycles. The number of benzene rings is 1. The summed E-state index contributed by atoms with van der Waals surface area (Å²) in [7, 11) is 1.78. The van der Waals surface area contributed by atoms with Crippen LogP contribution in [0.25, 0.3) is 0 Å². The number of hydrogen-bond acceptors (Lipinski definition) is 3. The average molecular weight is 289 g/mol. The molecule has 0 saturated carbocycles. The third kappa shape index (κ3) is 5.22. The molecule has 2 N–H and O–H groups in total. The highest BCUT2D eigenvalue weighted by Crippen LogP contribution is 2.15. The van der Waals surface area contributed by atoms with Crippen molar-refractivity contribution in [3.05, 3.63) is 34.9 Å². The van der Waals surface area contributed by atoms with Crippen molar-refractivity contribution in [1.82, 2.24) is 4.90 Å². The van der Waals surface area contributed by atoms with Gasteiger partial charge in [-0.1, -0.05) is 17.9 Å². The maximum Gasteiger partial charge on any atom is 0.253 e. The molecule has 0 aliphatic carbocycles. The van der Waals surface area contributed by atoms with Crippen molar-refractivity contribution in [3.8, 4) is 11.8 Å². The lowest BCUT2D eigenvalue weighted by atomic mass is 10.0. The van der Waals surface area contributed by atoms with Gasteiger partial charge in [0.1, 0.15) is 6.61 Å². The molecule has 0 aliphatic rings. The minimum Gasteiger partial charge on any atom is -0.396 e. The number of nitrogens with zero attached hydrogens (tertiary/aromatic N) is 1. The van der Waals surface area contributed by atoms with E-state index in [1.165, 1.54) is 0 Å². The van der Waals surface area contributed by atoms with Crippen LogP contribution in [0.3, 0.4) is 0 Å². The van der Waals surface area contributed by atoms with E-state index in [1.54, 1.807) is 24.1 Å². The molecule has 4 heteroatoms. The van der Waals surface area contributed by atoms with Crippen LogP contribution in [0.15, 0.2) is 18.2 Å². The molecule has 1 rings (SSSR count). The van der Waals surface area contributed by atoms with Crippen molar-refractivity contribution in [3.63, 3.8) is 0 Å². The predicted octanol–water partition coefficient (Wildman–Crippen LogP) is 1.57. The van der Waals surface area contributed by atoms with Crippen molar-refractivity contribution in [1.29, 1.82) is 0 Å². The molecule has 0 radical (unpaired) electrons. The molecular formula is C17H23NO3. The molecule has 1 aromatic rings. The van der Waals surface area contributed by atoms with Crippen LogP contribution >= 0.6 is 0 Å². The Hall–Kier alpha value is -1.83. The first-order chi connectivity index (χ1) is 10.1.